The number of rotatable bonds is 16. The molecular weight excluding hydrogens is 911 g/mol. The number of aliphatic imine (C=N–C) groups is 1. The van der Waals surface area contributed by atoms with E-state index in [2.05, 4.69) is 36.9 Å². The molecule has 11 atom stereocenters. The Morgan fingerprint density at radius 3 is 2.00 bits per heavy atom. The number of guanidine groups is 1. The number of nitrogens with two attached hydrogens (primary N) is 2. The van der Waals surface area contributed by atoms with Gasteiger partial charge < -0.3 is 77.3 Å². The lowest BCUT2D eigenvalue weighted by molar-refractivity contribution is -0.309. The van der Waals surface area contributed by atoms with Crippen molar-refractivity contribution in [1.29, 1.82) is 0 Å². The third-order valence-corrected chi connectivity index (χ3v) is 11.3. The van der Waals surface area contributed by atoms with Gasteiger partial charge in [-0.25, -0.2) is 4.79 Å². The van der Waals surface area contributed by atoms with Gasteiger partial charge in [0.2, 0.25) is 35.4 Å². The van der Waals surface area contributed by atoms with E-state index in [0.29, 0.717) is 0 Å². The van der Waals surface area contributed by atoms with E-state index < -0.39 is 145 Å². The van der Waals surface area contributed by atoms with Gasteiger partial charge in [-0.05, 0) is 26.7 Å². The van der Waals surface area contributed by atoms with Crippen molar-refractivity contribution in [3.8, 4) is 0 Å². The molecule has 2 aliphatic heterocycles. The number of carboxylic acid groups (broad SMARTS) is 2. The molecular formula is C36H55N9O18S2. The highest BCUT2D eigenvalue weighted by atomic mass is 33.1. The third kappa shape index (κ3) is 19.4. The number of esters is 3. The summed E-state index contributed by atoms with van der Waals surface area (Å²) in [5, 5.41) is 33.1. The lowest BCUT2D eigenvalue weighted by Gasteiger charge is -2.44. The van der Waals surface area contributed by atoms with Gasteiger partial charge in [-0.2, -0.15) is 0 Å². The van der Waals surface area contributed by atoms with Crippen LogP contribution < -0.4 is 43.4 Å². The van der Waals surface area contributed by atoms with E-state index in [1.165, 1.54) is 13.8 Å². The highest BCUT2D eigenvalue weighted by molar-refractivity contribution is 8.76. The van der Waals surface area contributed by atoms with E-state index in [4.69, 9.17) is 35.2 Å². The molecule has 12 N–H and O–H groups in total. The average Bonchev–Trinajstić information content (AvgIpc) is 3.18. The highest BCUT2D eigenvalue weighted by Gasteiger charge is 2.52. The van der Waals surface area contributed by atoms with Crippen molar-refractivity contribution in [2.24, 2.45) is 16.5 Å². The molecule has 27 nitrogen and oxygen atoms in total. The molecule has 2 saturated heterocycles. The minimum absolute atomic E-state index is 0.00400. The van der Waals surface area contributed by atoms with Crippen LogP contribution in [-0.4, -0.2) is 173 Å². The van der Waals surface area contributed by atoms with Crippen LogP contribution >= 0.6 is 21.6 Å². The van der Waals surface area contributed by atoms with Crippen molar-refractivity contribution < 1.29 is 86.6 Å². The molecule has 364 valence electrons. The smallest absolute Gasteiger partial charge is 0.327 e. The molecule has 2 rings (SSSR count). The maximum Gasteiger partial charge on any atom is 0.327 e. The molecule has 0 aromatic heterocycles. The van der Waals surface area contributed by atoms with Crippen LogP contribution in [0.3, 0.4) is 0 Å². The average molecular weight is 966 g/mol. The number of nitrogens with one attached hydrogen (secondary N) is 6. The number of ether oxygens (including phenoxy) is 5. The third-order valence-electron chi connectivity index (χ3n) is 8.93. The van der Waals surface area contributed by atoms with Gasteiger partial charge in [0, 0.05) is 45.7 Å². The predicted molar refractivity (Wildman–Crippen MR) is 225 cm³/mol. The second-order valence-electron chi connectivity index (χ2n) is 14.4. The van der Waals surface area contributed by atoms with Crippen LogP contribution in [0.25, 0.3) is 0 Å². The second kappa shape index (κ2) is 26.8. The van der Waals surface area contributed by atoms with Crippen LogP contribution in [0.1, 0.15) is 60.8 Å². The van der Waals surface area contributed by atoms with Gasteiger partial charge >= 0.3 is 29.8 Å². The highest BCUT2D eigenvalue weighted by Crippen LogP contribution is 2.30. The number of hydrogen-bond acceptors (Lipinski definition) is 19. The zero-order valence-electron chi connectivity index (χ0n) is 36.1. The van der Waals surface area contributed by atoms with Gasteiger partial charge in [-0.1, -0.05) is 21.6 Å². The number of hydrogen-bond donors (Lipinski definition) is 10. The fourth-order valence-electron chi connectivity index (χ4n) is 6.07. The molecule has 0 aliphatic carbocycles. The topological polar surface area (TPSA) is 411 Å². The number of carbonyl (C=O) groups excluding carboxylic acids is 9. The second-order valence-corrected chi connectivity index (χ2v) is 17.0. The summed E-state index contributed by atoms with van der Waals surface area (Å²) in [6.45, 7) is 6.13. The first-order valence-electron chi connectivity index (χ1n) is 19.7. The number of carbonyl (C=O) groups is 11. The lowest BCUT2D eigenvalue weighted by Crippen LogP contribution is -2.63. The Labute approximate surface area is 379 Å². The Kier molecular flexibility index (Phi) is 22.7. The number of amides is 6. The van der Waals surface area contributed by atoms with Crippen molar-refractivity contribution in [2.45, 2.75) is 128 Å². The van der Waals surface area contributed by atoms with E-state index >= 15 is 0 Å². The summed E-state index contributed by atoms with van der Waals surface area (Å²) in [7, 11) is 1.65. The Morgan fingerprint density at radius 1 is 0.831 bits per heavy atom. The summed E-state index contributed by atoms with van der Waals surface area (Å²) >= 11 is 0. The Morgan fingerprint density at radius 2 is 1.43 bits per heavy atom. The number of nitrogens with zero attached hydrogens (tertiary/aromatic N) is 1. The Bertz CT molecular complexity index is 1820. The summed E-state index contributed by atoms with van der Waals surface area (Å²) in [5.41, 5.74) is 10.8. The normalized spacial score (nSPS) is 26.6. The molecule has 0 radical (unpaired) electrons. The molecule has 65 heavy (non-hydrogen) atoms. The van der Waals surface area contributed by atoms with Crippen LogP contribution in [0, 0.1) is 0 Å². The minimum Gasteiger partial charge on any atom is -0.481 e. The zero-order valence-corrected chi connectivity index (χ0v) is 37.8. The minimum atomic E-state index is -1.75. The molecule has 0 aromatic rings. The first-order valence-corrected chi connectivity index (χ1v) is 22.2. The van der Waals surface area contributed by atoms with Gasteiger partial charge in [-0.3, -0.25) is 52.9 Å². The summed E-state index contributed by atoms with van der Waals surface area (Å²) in [6, 6.07) is -8.07. The van der Waals surface area contributed by atoms with E-state index in [1.54, 1.807) is 0 Å². The fraction of sp³-hybridized carbons (Fsp3) is 0.667. The molecule has 6 amide bonds. The van der Waals surface area contributed by atoms with E-state index in [-0.39, 0.29) is 36.9 Å². The van der Waals surface area contributed by atoms with Crippen molar-refractivity contribution in [3.63, 3.8) is 0 Å². The summed E-state index contributed by atoms with van der Waals surface area (Å²) in [6.07, 6.45) is -9.47. The van der Waals surface area contributed by atoms with E-state index in [0.717, 1.165) is 49.3 Å². The Hall–Kier alpha value is -5.94. The predicted octanol–water partition coefficient (Wildman–Crippen LogP) is -4.50. The molecule has 2 heterocycles. The van der Waals surface area contributed by atoms with Crippen LogP contribution in [0.4, 0.5) is 0 Å². The maximum absolute atomic E-state index is 14.1. The number of carboxylic acids is 2. The van der Waals surface area contributed by atoms with Crippen LogP contribution in [0.5, 0.6) is 0 Å². The summed E-state index contributed by atoms with van der Waals surface area (Å²) in [5.74, 6) is -12.5. The molecule has 0 bridgehead atoms. The van der Waals surface area contributed by atoms with Crippen molar-refractivity contribution >= 4 is 92.8 Å². The quantitative estimate of drug-likeness (QED) is 0.0174. The summed E-state index contributed by atoms with van der Waals surface area (Å²) in [4.78, 5) is 144. The summed E-state index contributed by atoms with van der Waals surface area (Å²) < 4.78 is 28.0. The van der Waals surface area contributed by atoms with Crippen molar-refractivity contribution in [2.75, 3.05) is 24.6 Å². The molecule has 0 spiro atoms. The molecule has 0 saturated carbocycles. The standard InChI is InChI=1S/C36H55N9O18S2/c1-14(59-35-29(63-19(6)49)28(62-18(5)48)27(15(2)60-35)61-17(4)47)26(41-16(3)46)33(56)44-22-12-64-65-13-23(34(57)58)45-31(54)21(10-25(51)52)42-24(50)11-40-30(53)20(43-32(22)55)8-7-9-39-36(37)38/h14-15,20-23,26-29,35H,7-13H2,1-6H3,(H,40,53)(H,41,46)(H,42,50)(H,43,55)(H,44,56)(H,45,54)(H,51,52)(H,57,58)(H4,37,38,39)/t14-,15+,20+,21+,22+,23+,26+,27+,28-,29-,35-/m1/s1. The first-order chi connectivity index (χ1) is 30.4. The molecule has 2 fully saturated rings. The van der Waals surface area contributed by atoms with Crippen molar-refractivity contribution in [1.82, 2.24) is 31.9 Å². The van der Waals surface area contributed by atoms with Gasteiger partial charge in [-0.15, -0.1) is 0 Å². The first kappa shape index (κ1) is 55.2. The van der Waals surface area contributed by atoms with E-state index in [1.807, 2.05) is 0 Å². The zero-order chi connectivity index (χ0) is 49.1. The monoisotopic (exact) mass is 965 g/mol. The van der Waals surface area contributed by atoms with Crippen molar-refractivity contribution in [3.05, 3.63) is 0 Å². The van der Waals surface area contributed by atoms with Gasteiger partial charge in [0.1, 0.15) is 30.2 Å². The van der Waals surface area contributed by atoms with E-state index in [9.17, 15) is 63.0 Å². The lowest BCUT2D eigenvalue weighted by atomic mass is 9.98. The van der Waals surface area contributed by atoms with Crippen LogP contribution in [0.15, 0.2) is 4.99 Å². The number of aliphatic carboxylic acids is 2. The molecule has 29 heteroatoms. The fourth-order valence-corrected chi connectivity index (χ4v) is 8.39. The van der Waals surface area contributed by atoms with Crippen LogP contribution in [0.2, 0.25) is 0 Å². The maximum atomic E-state index is 14.1. The SMILES string of the molecule is CC(=O)N[C@H](C(=O)N[C@H]1CSSC[C@@H](C(=O)O)NC(=O)[C@H](CC(=O)O)NC(=O)CNC(=O)[C@H](CCCN=C(N)N)NC1=O)[C@@H](C)O[C@@H]1O[C@@H](C)[C@H](OC(C)=O)[C@@H](OC(C)=O)[C@H]1OC(C)=O. The molecule has 0 aromatic carbocycles. The van der Waals surface area contributed by atoms with Gasteiger partial charge in [0.15, 0.2) is 30.6 Å². The Balaban J connectivity index is 2.54. The molecule has 0 unspecified atom stereocenters. The van der Waals surface area contributed by atoms with Gasteiger partial charge in [0.25, 0.3) is 0 Å². The molecule has 2 aliphatic rings. The van der Waals surface area contributed by atoms with Crippen LogP contribution in [-0.2, 0) is 76.4 Å². The largest absolute Gasteiger partial charge is 0.481 e. The van der Waals surface area contributed by atoms with Gasteiger partial charge in [0.05, 0.1) is 25.2 Å².